The number of hydrogen-bond donors (Lipinski definition) is 0. The van der Waals surface area contributed by atoms with E-state index in [4.69, 9.17) is 0 Å². The van der Waals surface area contributed by atoms with Crippen molar-refractivity contribution in [3.63, 3.8) is 0 Å². The van der Waals surface area contributed by atoms with Gasteiger partial charge in [0.25, 0.3) is 16.1 Å². The third kappa shape index (κ3) is 3.51. The Kier molecular flexibility index (Phi) is 5.02. The molecule has 3 fully saturated rings. The summed E-state index contributed by atoms with van der Waals surface area (Å²) in [5.74, 6) is -0.00865. The molecule has 3 saturated heterocycles. The molecule has 2 atom stereocenters. The molecule has 0 unspecified atom stereocenters. The zero-order valence-corrected chi connectivity index (χ0v) is 16.3. The Morgan fingerprint density at radius 3 is 2.40 bits per heavy atom. The molecule has 2 bridgehead atoms. The van der Waals surface area contributed by atoms with Crippen LogP contribution in [0.25, 0.3) is 0 Å². The summed E-state index contributed by atoms with van der Waals surface area (Å²) >= 11 is 1.21. The van der Waals surface area contributed by atoms with Crippen LogP contribution in [0.1, 0.15) is 39.1 Å². The standard InChI is InChI=1S/C16H23N3O4S2/c1-11(20)14-6-7-15(24-14)16(21)19-9-12-4-5-13(19)10-18(8-12)25(22,23)17(2)3/h6-7,12-13H,4-5,8-10H2,1-3H3/t12-,13+/m1/s1. The number of Topliss-reactive ketones (excluding diaryl/α,β-unsaturated/α-hetero) is 1. The van der Waals surface area contributed by atoms with Gasteiger partial charge in [-0.3, -0.25) is 9.59 Å². The predicted molar refractivity (Wildman–Crippen MR) is 96.1 cm³/mol. The molecular formula is C16H23N3O4S2. The normalized spacial score (nSPS) is 24.6. The molecule has 1 aromatic rings. The first-order valence-electron chi connectivity index (χ1n) is 8.29. The fourth-order valence-corrected chi connectivity index (χ4v) is 5.57. The molecule has 1 aromatic heterocycles. The number of thiophene rings is 1. The van der Waals surface area contributed by atoms with Crippen molar-refractivity contribution in [2.45, 2.75) is 25.8 Å². The second-order valence-corrected chi connectivity index (χ2v) is 10.1. The molecule has 3 aliphatic heterocycles. The Hall–Kier alpha value is -1.29. The van der Waals surface area contributed by atoms with Gasteiger partial charge < -0.3 is 4.90 Å². The second-order valence-electron chi connectivity index (χ2n) is 6.88. The minimum atomic E-state index is -3.48. The van der Waals surface area contributed by atoms with Crippen LogP contribution in [0.15, 0.2) is 12.1 Å². The largest absolute Gasteiger partial charge is 0.333 e. The summed E-state index contributed by atoms with van der Waals surface area (Å²) in [6.07, 6.45) is 1.73. The summed E-state index contributed by atoms with van der Waals surface area (Å²) in [6.45, 7) is 2.83. The van der Waals surface area contributed by atoms with Crippen LogP contribution < -0.4 is 0 Å². The van der Waals surface area contributed by atoms with E-state index in [1.807, 2.05) is 0 Å². The maximum Gasteiger partial charge on any atom is 0.281 e. The molecule has 0 radical (unpaired) electrons. The van der Waals surface area contributed by atoms with Gasteiger partial charge in [0.2, 0.25) is 0 Å². The number of carbonyl (C=O) groups is 2. The Morgan fingerprint density at radius 1 is 1.12 bits per heavy atom. The molecule has 138 valence electrons. The Labute approximate surface area is 152 Å². The second kappa shape index (κ2) is 6.79. The van der Waals surface area contributed by atoms with Crippen LogP contribution >= 0.6 is 11.3 Å². The van der Waals surface area contributed by atoms with Crippen LogP contribution in [0, 0.1) is 5.92 Å². The molecule has 0 N–H and O–H groups in total. The van der Waals surface area contributed by atoms with Crippen molar-refractivity contribution in [2.75, 3.05) is 33.7 Å². The summed E-state index contributed by atoms with van der Waals surface area (Å²) in [5.41, 5.74) is 0. The van der Waals surface area contributed by atoms with Gasteiger partial charge in [-0.2, -0.15) is 17.0 Å². The van der Waals surface area contributed by atoms with Crippen molar-refractivity contribution >= 4 is 33.2 Å². The topological polar surface area (TPSA) is 78.0 Å². The number of fused-ring (bicyclic) bond motifs is 4. The van der Waals surface area contributed by atoms with Gasteiger partial charge >= 0.3 is 0 Å². The molecule has 0 aromatic carbocycles. The highest BCUT2D eigenvalue weighted by atomic mass is 32.2. The third-order valence-electron chi connectivity index (χ3n) is 4.89. The lowest BCUT2D eigenvalue weighted by Crippen LogP contribution is -2.48. The van der Waals surface area contributed by atoms with Gasteiger partial charge in [-0.25, -0.2) is 0 Å². The lowest BCUT2D eigenvalue weighted by atomic mass is 9.95. The van der Waals surface area contributed by atoms with Crippen molar-refractivity contribution in [1.29, 1.82) is 0 Å². The fourth-order valence-electron chi connectivity index (χ4n) is 3.49. The van der Waals surface area contributed by atoms with E-state index in [1.54, 1.807) is 17.0 Å². The van der Waals surface area contributed by atoms with Crippen molar-refractivity contribution in [3.05, 3.63) is 21.9 Å². The number of ketones is 1. The number of rotatable bonds is 4. The molecule has 1 amide bonds. The number of nitrogens with zero attached hydrogens (tertiary/aromatic N) is 3. The monoisotopic (exact) mass is 385 g/mol. The zero-order valence-electron chi connectivity index (χ0n) is 14.6. The van der Waals surface area contributed by atoms with Crippen LogP contribution in [0.3, 0.4) is 0 Å². The molecule has 0 aliphatic carbocycles. The Balaban J connectivity index is 1.83. The highest BCUT2D eigenvalue weighted by Crippen LogP contribution is 2.31. The van der Waals surface area contributed by atoms with Gasteiger partial charge in [0.1, 0.15) is 0 Å². The van der Waals surface area contributed by atoms with Crippen LogP contribution in [0.4, 0.5) is 0 Å². The molecule has 0 spiro atoms. The third-order valence-corrected chi connectivity index (χ3v) is 7.94. The van der Waals surface area contributed by atoms with E-state index in [0.717, 1.165) is 12.8 Å². The highest BCUT2D eigenvalue weighted by molar-refractivity contribution is 7.86. The molecular weight excluding hydrogens is 362 g/mol. The summed E-state index contributed by atoms with van der Waals surface area (Å²) in [4.78, 5) is 27.3. The van der Waals surface area contributed by atoms with Gasteiger partial charge in [0.05, 0.1) is 9.75 Å². The summed E-state index contributed by atoms with van der Waals surface area (Å²) in [6, 6.07) is 3.25. The van der Waals surface area contributed by atoms with Gasteiger partial charge in [-0.05, 0) is 37.8 Å². The molecule has 4 rings (SSSR count). The molecule has 4 heterocycles. The van der Waals surface area contributed by atoms with Crippen LogP contribution in [0.5, 0.6) is 0 Å². The maximum atomic E-state index is 12.9. The number of hydrogen-bond acceptors (Lipinski definition) is 5. The Morgan fingerprint density at radius 2 is 1.80 bits per heavy atom. The number of carbonyl (C=O) groups excluding carboxylic acids is 2. The smallest absolute Gasteiger partial charge is 0.281 e. The van der Waals surface area contributed by atoms with E-state index < -0.39 is 10.2 Å². The van der Waals surface area contributed by atoms with E-state index >= 15 is 0 Å². The first-order chi connectivity index (χ1) is 11.7. The highest BCUT2D eigenvalue weighted by Gasteiger charge is 2.41. The first-order valence-corrected chi connectivity index (χ1v) is 10.5. The quantitative estimate of drug-likeness (QED) is 0.732. The van der Waals surface area contributed by atoms with Crippen LogP contribution in [0.2, 0.25) is 0 Å². The zero-order chi connectivity index (χ0) is 18.4. The van der Waals surface area contributed by atoms with Gasteiger partial charge in [0.15, 0.2) is 5.78 Å². The van der Waals surface area contributed by atoms with Gasteiger partial charge in [-0.1, -0.05) is 0 Å². The molecule has 25 heavy (non-hydrogen) atoms. The van der Waals surface area contributed by atoms with E-state index in [2.05, 4.69) is 0 Å². The molecule has 3 aliphatic rings. The minimum Gasteiger partial charge on any atom is -0.333 e. The maximum absolute atomic E-state index is 12.9. The van der Waals surface area contributed by atoms with E-state index in [-0.39, 0.29) is 23.7 Å². The first kappa shape index (κ1) is 18.5. The summed E-state index contributed by atoms with van der Waals surface area (Å²) in [7, 11) is -0.428. The van der Waals surface area contributed by atoms with Gasteiger partial charge in [0, 0.05) is 39.8 Å². The van der Waals surface area contributed by atoms with E-state index in [0.29, 0.717) is 29.4 Å². The lowest BCUT2D eigenvalue weighted by molar-refractivity contribution is 0.0593. The predicted octanol–water partition coefficient (Wildman–Crippen LogP) is 1.29. The van der Waals surface area contributed by atoms with Crippen molar-refractivity contribution < 1.29 is 18.0 Å². The number of piperidine rings is 1. The van der Waals surface area contributed by atoms with E-state index in [9.17, 15) is 18.0 Å². The number of amides is 1. The molecule has 7 nitrogen and oxygen atoms in total. The van der Waals surface area contributed by atoms with Crippen LogP contribution in [-0.2, 0) is 10.2 Å². The van der Waals surface area contributed by atoms with Crippen molar-refractivity contribution in [1.82, 2.24) is 13.5 Å². The summed E-state index contributed by atoms with van der Waals surface area (Å²) in [5, 5.41) is 0. The average molecular weight is 386 g/mol. The summed E-state index contributed by atoms with van der Waals surface area (Å²) < 4.78 is 27.7. The minimum absolute atomic E-state index is 0.0512. The van der Waals surface area contributed by atoms with E-state index in [1.165, 1.54) is 41.0 Å². The lowest BCUT2D eigenvalue weighted by Gasteiger charge is -2.35. The Bertz CT molecular complexity index is 787. The van der Waals surface area contributed by atoms with Crippen molar-refractivity contribution in [3.8, 4) is 0 Å². The van der Waals surface area contributed by atoms with Crippen molar-refractivity contribution in [2.24, 2.45) is 5.92 Å². The van der Waals surface area contributed by atoms with Gasteiger partial charge in [-0.15, -0.1) is 11.3 Å². The average Bonchev–Trinajstić information content (AvgIpc) is 2.86. The molecule has 0 saturated carbocycles. The fraction of sp³-hybridized carbons (Fsp3) is 0.625. The molecule has 9 heteroatoms. The SMILES string of the molecule is CC(=O)c1ccc(C(=O)N2C[C@@H]3CC[C@H]2CN(S(=O)(=O)N(C)C)C3)s1. The van der Waals surface area contributed by atoms with Crippen LogP contribution in [-0.4, -0.2) is 73.4 Å².